The van der Waals surface area contributed by atoms with E-state index in [9.17, 15) is 0 Å². The molecule has 1 aromatic heterocycles. The van der Waals surface area contributed by atoms with Gasteiger partial charge in [0.1, 0.15) is 5.75 Å². The highest BCUT2D eigenvalue weighted by atomic mass is 79.9. The van der Waals surface area contributed by atoms with E-state index in [1.54, 1.807) is 7.11 Å². The summed E-state index contributed by atoms with van der Waals surface area (Å²) in [6.07, 6.45) is 3.62. The maximum absolute atomic E-state index is 5.21. The van der Waals surface area contributed by atoms with Crippen molar-refractivity contribution in [3.05, 3.63) is 35.1 Å². The van der Waals surface area contributed by atoms with Gasteiger partial charge in [-0.05, 0) is 47.5 Å². The molecule has 1 heterocycles. The lowest BCUT2D eigenvalue weighted by molar-refractivity contribution is 0.412. The Labute approximate surface area is 121 Å². The highest BCUT2D eigenvalue weighted by Crippen LogP contribution is 2.30. The Morgan fingerprint density at radius 1 is 1.16 bits per heavy atom. The molecule has 0 aliphatic carbocycles. The van der Waals surface area contributed by atoms with Crippen LogP contribution in [-0.4, -0.2) is 23.1 Å². The summed E-state index contributed by atoms with van der Waals surface area (Å²) in [5.41, 5.74) is 2.02. The Hall–Kier alpha value is -1.62. The quantitative estimate of drug-likeness (QED) is 0.932. The number of aromatic nitrogens is 2. The first-order valence-electron chi connectivity index (χ1n) is 6.02. The molecule has 1 N–H and O–H groups in total. The van der Waals surface area contributed by atoms with Crippen molar-refractivity contribution in [3.8, 4) is 16.9 Å². The van der Waals surface area contributed by atoms with Gasteiger partial charge in [0.15, 0.2) is 0 Å². The molecule has 0 atom stereocenters. The predicted octanol–water partition coefficient (Wildman–Crippen LogP) is 3.74. The van der Waals surface area contributed by atoms with Gasteiger partial charge in [-0.1, -0.05) is 6.07 Å². The monoisotopic (exact) mass is 321 g/mol. The van der Waals surface area contributed by atoms with E-state index in [1.165, 1.54) is 0 Å². The van der Waals surface area contributed by atoms with E-state index in [4.69, 9.17) is 4.74 Å². The van der Waals surface area contributed by atoms with Crippen LogP contribution in [-0.2, 0) is 0 Å². The third kappa shape index (κ3) is 3.44. The molecule has 4 nitrogen and oxygen atoms in total. The van der Waals surface area contributed by atoms with Crippen molar-refractivity contribution in [2.24, 2.45) is 0 Å². The van der Waals surface area contributed by atoms with Crippen LogP contribution in [0.15, 0.2) is 35.1 Å². The summed E-state index contributed by atoms with van der Waals surface area (Å²) in [5.74, 6) is 1.45. The fraction of sp³-hybridized carbons (Fsp3) is 0.286. The summed E-state index contributed by atoms with van der Waals surface area (Å²) in [6, 6.07) is 6.21. The van der Waals surface area contributed by atoms with E-state index in [-0.39, 0.29) is 0 Å². The molecule has 0 aliphatic rings. The largest absolute Gasteiger partial charge is 0.496 e. The average Bonchev–Trinajstić information content (AvgIpc) is 2.39. The van der Waals surface area contributed by atoms with Crippen LogP contribution >= 0.6 is 15.9 Å². The number of hydrogen-bond acceptors (Lipinski definition) is 4. The molecule has 0 spiro atoms. The van der Waals surface area contributed by atoms with Crippen molar-refractivity contribution < 1.29 is 4.74 Å². The van der Waals surface area contributed by atoms with Crippen molar-refractivity contribution >= 4 is 21.9 Å². The third-order valence-corrected chi connectivity index (χ3v) is 3.17. The number of nitrogens with one attached hydrogen (secondary N) is 1. The molecule has 100 valence electrons. The molecule has 5 heteroatoms. The summed E-state index contributed by atoms with van der Waals surface area (Å²) >= 11 is 3.47. The number of rotatable bonds is 4. The molecule has 0 saturated heterocycles. The molecule has 0 saturated carbocycles. The second-order valence-electron chi connectivity index (χ2n) is 4.44. The molecule has 19 heavy (non-hydrogen) atoms. The van der Waals surface area contributed by atoms with Crippen LogP contribution in [0.3, 0.4) is 0 Å². The molecule has 0 bridgehead atoms. The zero-order chi connectivity index (χ0) is 13.8. The van der Waals surface area contributed by atoms with Crippen LogP contribution in [0.2, 0.25) is 0 Å². The number of ether oxygens (including phenoxy) is 1. The van der Waals surface area contributed by atoms with Crippen molar-refractivity contribution in [3.63, 3.8) is 0 Å². The molecule has 1 aromatic carbocycles. The van der Waals surface area contributed by atoms with Crippen LogP contribution in [0.4, 0.5) is 5.95 Å². The van der Waals surface area contributed by atoms with Gasteiger partial charge in [-0.15, -0.1) is 0 Å². The van der Waals surface area contributed by atoms with Gasteiger partial charge in [0.05, 0.1) is 11.6 Å². The number of halogens is 1. The summed E-state index contributed by atoms with van der Waals surface area (Å²) in [4.78, 5) is 8.60. The highest BCUT2D eigenvalue weighted by Gasteiger charge is 2.05. The zero-order valence-electron chi connectivity index (χ0n) is 11.1. The van der Waals surface area contributed by atoms with Crippen LogP contribution < -0.4 is 10.1 Å². The number of benzene rings is 1. The van der Waals surface area contributed by atoms with E-state index in [2.05, 4.69) is 45.1 Å². The minimum atomic E-state index is 0.320. The Kier molecular flexibility index (Phi) is 4.37. The van der Waals surface area contributed by atoms with Gasteiger partial charge in [0, 0.05) is 24.0 Å². The van der Waals surface area contributed by atoms with Gasteiger partial charge >= 0.3 is 0 Å². The second kappa shape index (κ2) is 6.02. The molecule has 0 radical (unpaired) electrons. The maximum Gasteiger partial charge on any atom is 0.222 e. The fourth-order valence-corrected chi connectivity index (χ4v) is 2.20. The third-order valence-electron chi connectivity index (χ3n) is 2.55. The number of methoxy groups -OCH3 is 1. The lowest BCUT2D eigenvalue weighted by Crippen LogP contribution is -2.12. The number of nitrogens with zero attached hydrogens (tertiary/aromatic N) is 2. The smallest absolute Gasteiger partial charge is 0.222 e. The Morgan fingerprint density at radius 2 is 1.84 bits per heavy atom. The standard InChI is InChI=1S/C14H16BrN3O/c1-9(2)18-14-16-7-11(8-17-14)10-4-5-13(19-3)12(15)6-10/h4-9H,1-3H3,(H,16,17,18). The molecular formula is C14H16BrN3O. The van der Waals surface area contributed by atoms with Crippen LogP contribution in [0.5, 0.6) is 5.75 Å². The molecular weight excluding hydrogens is 306 g/mol. The maximum atomic E-state index is 5.21. The van der Waals surface area contributed by atoms with E-state index in [0.29, 0.717) is 12.0 Å². The topological polar surface area (TPSA) is 47.0 Å². The van der Waals surface area contributed by atoms with Crippen molar-refractivity contribution in [2.45, 2.75) is 19.9 Å². The van der Waals surface area contributed by atoms with E-state index < -0.39 is 0 Å². The normalized spacial score (nSPS) is 10.6. The first-order chi connectivity index (χ1) is 9.10. The molecule has 0 fully saturated rings. The van der Waals surface area contributed by atoms with E-state index in [1.807, 2.05) is 30.6 Å². The Morgan fingerprint density at radius 3 is 2.37 bits per heavy atom. The van der Waals surface area contributed by atoms with E-state index in [0.717, 1.165) is 21.3 Å². The van der Waals surface area contributed by atoms with Gasteiger partial charge in [0.2, 0.25) is 5.95 Å². The molecule has 0 aliphatic heterocycles. The SMILES string of the molecule is COc1ccc(-c2cnc(NC(C)C)nc2)cc1Br. The highest BCUT2D eigenvalue weighted by molar-refractivity contribution is 9.10. The summed E-state index contributed by atoms with van der Waals surface area (Å²) in [5, 5.41) is 3.16. The van der Waals surface area contributed by atoms with E-state index >= 15 is 0 Å². The first-order valence-corrected chi connectivity index (χ1v) is 6.82. The predicted molar refractivity (Wildman–Crippen MR) is 80.5 cm³/mol. The van der Waals surface area contributed by atoms with Gasteiger partial charge in [-0.2, -0.15) is 0 Å². The van der Waals surface area contributed by atoms with Crippen molar-refractivity contribution in [2.75, 3.05) is 12.4 Å². The molecule has 0 amide bonds. The summed E-state index contributed by atoms with van der Waals surface area (Å²) in [6.45, 7) is 4.11. The fourth-order valence-electron chi connectivity index (χ4n) is 1.66. The van der Waals surface area contributed by atoms with Gasteiger partial charge in [-0.25, -0.2) is 9.97 Å². The number of anilines is 1. The first kappa shape index (κ1) is 13.8. The van der Waals surface area contributed by atoms with Crippen LogP contribution in [0.25, 0.3) is 11.1 Å². The van der Waals surface area contributed by atoms with Gasteiger partial charge in [-0.3, -0.25) is 0 Å². The Balaban J connectivity index is 2.24. The minimum absolute atomic E-state index is 0.320. The zero-order valence-corrected chi connectivity index (χ0v) is 12.7. The lowest BCUT2D eigenvalue weighted by atomic mass is 10.1. The molecule has 2 rings (SSSR count). The second-order valence-corrected chi connectivity index (χ2v) is 5.30. The molecule has 2 aromatic rings. The number of hydrogen-bond donors (Lipinski definition) is 1. The van der Waals surface area contributed by atoms with Crippen molar-refractivity contribution in [1.82, 2.24) is 9.97 Å². The minimum Gasteiger partial charge on any atom is -0.496 e. The lowest BCUT2D eigenvalue weighted by Gasteiger charge is -2.09. The van der Waals surface area contributed by atoms with Crippen LogP contribution in [0.1, 0.15) is 13.8 Å². The van der Waals surface area contributed by atoms with Crippen LogP contribution in [0, 0.1) is 0 Å². The average molecular weight is 322 g/mol. The Bertz CT molecular complexity index is 555. The summed E-state index contributed by atoms with van der Waals surface area (Å²) in [7, 11) is 1.65. The van der Waals surface area contributed by atoms with Crippen molar-refractivity contribution in [1.29, 1.82) is 0 Å². The summed E-state index contributed by atoms with van der Waals surface area (Å²) < 4.78 is 6.12. The van der Waals surface area contributed by atoms with Gasteiger partial charge < -0.3 is 10.1 Å². The molecule has 0 unspecified atom stereocenters. The van der Waals surface area contributed by atoms with Gasteiger partial charge in [0.25, 0.3) is 0 Å².